The van der Waals surface area contributed by atoms with Gasteiger partial charge in [-0.25, -0.2) is 0 Å². The fraction of sp³-hybridized carbons (Fsp3) is 0.400. The Morgan fingerprint density at radius 1 is 1.67 bits per heavy atom. The van der Waals surface area contributed by atoms with E-state index < -0.39 is 6.10 Å². The van der Waals surface area contributed by atoms with Gasteiger partial charge in [-0.15, -0.1) is 11.6 Å². The summed E-state index contributed by atoms with van der Waals surface area (Å²) in [6.07, 6.45) is -0.781. The van der Waals surface area contributed by atoms with E-state index in [-0.39, 0.29) is 18.0 Å². The molecule has 1 heterocycles. The molecule has 0 aliphatic heterocycles. The number of hydrogen-bond acceptors (Lipinski definition) is 3. The minimum Gasteiger partial charge on any atom is -0.390 e. The number of pyridine rings is 1. The van der Waals surface area contributed by atoms with Gasteiger partial charge in [0, 0.05) is 11.8 Å². The molecule has 1 aromatic heterocycles. The van der Waals surface area contributed by atoms with Crippen molar-refractivity contribution in [2.45, 2.75) is 19.6 Å². The van der Waals surface area contributed by atoms with Crippen LogP contribution in [0.2, 0.25) is 0 Å². The number of aromatic nitrogens is 1. The standard InChI is InChI=1S/C10H11ClN2O2/c1-7-8(5-12)2-3-10(15)13(7)6-9(14)4-11/h2-3,9,14H,4,6H2,1H3. The minimum absolute atomic E-state index is 0.0582. The monoisotopic (exact) mass is 226 g/mol. The molecule has 4 nitrogen and oxygen atoms in total. The molecule has 0 aliphatic rings. The number of nitriles is 1. The van der Waals surface area contributed by atoms with Crippen LogP contribution in [0.1, 0.15) is 11.3 Å². The molecule has 1 N–H and O–H groups in total. The summed E-state index contributed by atoms with van der Waals surface area (Å²) in [6, 6.07) is 4.77. The Morgan fingerprint density at radius 2 is 2.33 bits per heavy atom. The summed E-state index contributed by atoms with van der Waals surface area (Å²) in [5.74, 6) is 0.0582. The highest BCUT2D eigenvalue weighted by Crippen LogP contribution is 2.04. The second kappa shape index (κ2) is 4.96. The van der Waals surface area contributed by atoms with Crippen molar-refractivity contribution in [3.05, 3.63) is 33.7 Å². The van der Waals surface area contributed by atoms with Gasteiger partial charge in [0.05, 0.1) is 24.1 Å². The van der Waals surface area contributed by atoms with E-state index in [1.165, 1.54) is 16.7 Å². The molecule has 0 saturated carbocycles. The van der Waals surface area contributed by atoms with Crippen LogP contribution in [0.5, 0.6) is 0 Å². The van der Waals surface area contributed by atoms with Crippen LogP contribution in [0.25, 0.3) is 0 Å². The Hall–Kier alpha value is -1.31. The second-order valence-corrected chi connectivity index (χ2v) is 3.51. The lowest BCUT2D eigenvalue weighted by Crippen LogP contribution is -2.29. The number of nitrogens with zero attached hydrogens (tertiary/aromatic N) is 2. The predicted octanol–water partition coefficient (Wildman–Crippen LogP) is 0.628. The molecule has 0 radical (unpaired) electrons. The number of rotatable bonds is 3. The zero-order valence-corrected chi connectivity index (χ0v) is 9.03. The Balaban J connectivity index is 3.17. The summed E-state index contributed by atoms with van der Waals surface area (Å²) in [6.45, 7) is 1.78. The van der Waals surface area contributed by atoms with Gasteiger partial charge in [0.1, 0.15) is 6.07 Å². The molecule has 80 valence electrons. The lowest BCUT2D eigenvalue weighted by Gasteiger charge is -2.13. The van der Waals surface area contributed by atoms with Crippen LogP contribution in [-0.4, -0.2) is 21.7 Å². The van der Waals surface area contributed by atoms with Crippen LogP contribution in [-0.2, 0) is 6.54 Å². The van der Waals surface area contributed by atoms with Gasteiger partial charge < -0.3 is 9.67 Å². The van der Waals surface area contributed by atoms with Crippen LogP contribution < -0.4 is 5.56 Å². The minimum atomic E-state index is -0.781. The van der Waals surface area contributed by atoms with Gasteiger partial charge in [-0.3, -0.25) is 4.79 Å². The van der Waals surface area contributed by atoms with Gasteiger partial charge >= 0.3 is 0 Å². The molecule has 0 bridgehead atoms. The van der Waals surface area contributed by atoms with Gasteiger partial charge in [0.25, 0.3) is 5.56 Å². The van der Waals surface area contributed by atoms with Crippen molar-refractivity contribution in [2.75, 3.05) is 5.88 Å². The third kappa shape index (κ3) is 2.58. The molecule has 1 unspecified atom stereocenters. The molecule has 1 rings (SSSR count). The molecular weight excluding hydrogens is 216 g/mol. The summed E-state index contributed by atoms with van der Waals surface area (Å²) in [5.41, 5.74) is 0.737. The van der Waals surface area contributed by atoms with Crippen LogP contribution in [0.4, 0.5) is 0 Å². The van der Waals surface area contributed by atoms with Gasteiger partial charge in [-0.2, -0.15) is 5.26 Å². The first-order valence-electron chi connectivity index (χ1n) is 4.44. The average Bonchev–Trinajstić information content (AvgIpc) is 2.24. The number of hydrogen-bond donors (Lipinski definition) is 1. The highest BCUT2D eigenvalue weighted by atomic mass is 35.5. The number of aliphatic hydroxyl groups excluding tert-OH is 1. The van der Waals surface area contributed by atoms with E-state index in [1.807, 2.05) is 6.07 Å². The van der Waals surface area contributed by atoms with E-state index in [9.17, 15) is 9.90 Å². The number of aliphatic hydroxyl groups is 1. The number of alkyl halides is 1. The van der Waals surface area contributed by atoms with Crippen molar-refractivity contribution in [3.8, 4) is 6.07 Å². The first-order valence-corrected chi connectivity index (χ1v) is 4.98. The maximum absolute atomic E-state index is 11.5. The molecule has 0 amide bonds. The molecule has 0 aromatic carbocycles. The molecule has 0 aliphatic carbocycles. The third-order valence-electron chi connectivity index (χ3n) is 2.15. The Labute approximate surface area is 92.3 Å². The lowest BCUT2D eigenvalue weighted by molar-refractivity contribution is 0.174. The quantitative estimate of drug-likeness (QED) is 0.769. The van der Waals surface area contributed by atoms with Gasteiger partial charge in [-0.1, -0.05) is 0 Å². The van der Waals surface area contributed by atoms with E-state index in [4.69, 9.17) is 16.9 Å². The number of halogens is 1. The Morgan fingerprint density at radius 3 is 2.87 bits per heavy atom. The zero-order valence-electron chi connectivity index (χ0n) is 8.27. The summed E-state index contributed by atoms with van der Waals surface area (Å²) < 4.78 is 1.35. The van der Waals surface area contributed by atoms with Crippen molar-refractivity contribution in [1.82, 2.24) is 4.57 Å². The van der Waals surface area contributed by atoms with Crippen molar-refractivity contribution in [3.63, 3.8) is 0 Å². The maximum atomic E-state index is 11.5. The van der Waals surface area contributed by atoms with Crippen LogP contribution in [0, 0.1) is 18.3 Å². The molecule has 1 aromatic rings. The third-order valence-corrected chi connectivity index (χ3v) is 2.50. The SMILES string of the molecule is Cc1c(C#N)ccc(=O)n1CC(O)CCl. The molecule has 5 heteroatoms. The highest BCUT2D eigenvalue weighted by Gasteiger charge is 2.09. The molecular formula is C10H11ClN2O2. The highest BCUT2D eigenvalue weighted by molar-refractivity contribution is 6.18. The van der Waals surface area contributed by atoms with Gasteiger partial charge in [0.15, 0.2) is 0 Å². The van der Waals surface area contributed by atoms with Crippen molar-refractivity contribution in [2.24, 2.45) is 0 Å². The maximum Gasteiger partial charge on any atom is 0.250 e. The molecule has 0 spiro atoms. The predicted molar refractivity (Wildman–Crippen MR) is 56.9 cm³/mol. The second-order valence-electron chi connectivity index (χ2n) is 3.20. The van der Waals surface area contributed by atoms with Crippen molar-refractivity contribution < 1.29 is 5.11 Å². The zero-order chi connectivity index (χ0) is 11.4. The molecule has 1 atom stereocenters. The van der Waals surface area contributed by atoms with Crippen molar-refractivity contribution >= 4 is 11.6 Å². The van der Waals surface area contributed by atoms with E-state index in [0.717, 1.165) is 0 Å². The first-order chi connectivity index (χ1) is 7.10. The summed E-state index contributed by atoms with van der Waals surface area (Å²) >= 11 is 5.45. The summed E-state index contributed by atoms with van der Waals surface area (Å²) in [7, 11) is 0. The van der Waals surface area contributed by atoms with E-state index in [0.29, 0.717) is 11.3 Å². The lowest BCUT2D eigenvalue weighted by atomic mass is 10.2. The average molecular weight is 227 g/mol. The fourth-order valence-corrected chi connectivity index (χ4v) is 1.38. The molecule has 0 fully saturated rings. The fourth-order valence-electron chi connectivity index (χ4n) is 1.28. The largest absolute Gasteiger partial charge is 0.390 e. The first kappa shape index (κ1) is 11.8. The van der Waals surface area contributed by atoms with E-state index >= 15 is 0 Å². The van der Waals surface area contributed by atoms with Crippen molar-refractivity contribution in [1.29, 1.82) is 5.26 Å². The van der Waals surface area contributed by atoms with E-state index in [1.54, 1.807) is 6.92 Å². The summed E-state index contributed by atoms with van der Waals surface area (Å²) in [5, 5.41) is 18.1. The van der Waals surface area contributed by atoms with Crippen LogP contribution in [0.3, 0.4) is 0 Å². The Bertz CT molecular complexity index is 448. The van der Waals surface area contributed by atoms with Crippen LogP contribution in [0.15, 0.2) is 16.9 Å². The van der Waals surface area contributed by atoms with E-state index in [2.05, 4.69) is 0 Å². The topological polar surface area (TPSA) is 66.0 Å². The molecule has 15 heavy (non-hydrogen) atoms. The Kier molecular flexibility index (Phi) is 3.89. The van der Waals surface area contributed by atoms with Crippen LogP contribution >= 0.6 is 11.6 Å². The normalized spacial score (nSPS) is 12.1. The van der Waals surface area contributed by atoms with Gasteiger partial charge in [-0.05, 0) is 13.0 Å². The smallest absolute Gasteiger partial charge is 0.250 e. The molecule has 0 saturated heterocycles. The van der Waals surface area contributed by atoms with Gasteiger partial charge in [0.2, 0.25) is 0 Å². The summed E-state index contributed by atoms with van der Waals surface area (Å²) in [4.78, 5) is 11.5.